The van der Waals surface area contributed by atoms with E-state index in [-0.39, 0.29) is 11.1 Å². The number of ether oxygens (including phenoxy) is 2. The molecule has 0 N–H and O–H groups in total. The van der Waals surface area contributed by atoms with Crippen molar-refractivity contribution in [3.8, 4) is 11.5 Å². The molecule has 23 heavy (non-hydrogen) atoms. The molecule has 122 valence electrons. The van der Waals surface area contributed by atoms with Crippen molar-refractivity contribution >= 4 is 28.5 Å². The molecule has 1 aromatic carbocycles. The Morgan fingerprint density at radius 1 is 1.35 bits per heavy atom. The van der Waals surface area contributed by atoms with Crippen LogP contribution in [-0.2, 0) is 9.53 Å². The predicted molar refractivity (Wildman–Crippen MR) is 85.7 cm³/mol. The van der Waals surface area contributed by atoms with Crippen LogP contribution in [0.1, 0.15) is 12.8 Å². The van der Waals surface area contributed by atoms with Gasteiger partial charge in [-0.2, -0.15) is 0 Å². The third kappa shape index (κ3) is 3.18. The van der Waals surface area contributed by atoms with Crippen molar-refractivity contribution in [2.45, 2.75) is 18.9 Å². The molecule has 3 rings (SSSR count). The number of fused-ring (bicyclic) bond motifs is 1. The van der Waals surface area contributed by atoms with Crippen molar-refractivity contribution in [2.75, 3.05) is 20.8 Å². The van der Waals surface area contributed by atoms with Gasteiger partial charge >= 0.3 is 5.97 Å². The molecule has 1 aliphatic rings. The van der Waals surface area contributed by atoms with Crippen molar-refractivity contribution in [1.29, 1.82) is 0 Å². The second-order valence-electron chi connectivity index (χ2n) is 5.25. The van der Waals surface area contributed by atoms with Gasteiger partial charge in [-0.25, -0.2) is 4.98 Å². The summed E-state index contributed by atoms with van der Waals surface area (Å²) in [6, 6.07) is 6.88. The number of aromatic nitrogens is 1. The molecule has 0 aliphatic carbocycles. The summed E-state index contributed by atoms with van der Waals surface area (Å²) in [5.41, 5.74) is 0.745. The van der Waals surface area contributed by atoms with Gasteiger partial charge in [-0.3, -0.25) is 4.79 Å². The van der Waals surface area contributed by atoms with E-state index in [0.29, 0.717) is 18.7 Å². The molecule has 7 heteroatoms. The van der Waals surface area contributed by atoms with Crippen LogP contribution in [0.4, 0.5) is 0 Å². The normalized spacial score (nSPS) is 18.1. The van der Waals surface area contributed by atoms with Crippen molar-refractivity contribution in [2.24, 2.45) is 0 Å². The number of carbonyl (C=O) groups excluding carboxylic acids is 1. The second kappa shape index (κ2) is 6.60. The van der Waals surface area contributed by atoms with Crippen molar-refractivity contribution in [1.82, 2.24) is 10.0 Å². The van der Waals surface area contributed by atoms with E-state index in [1.54, 1.807) is 18.2 Å². The molecule has 2 aromatic rings. The minimum absolute atomic E-state index is 0.248. The summed E-state index contributed by atoms with van der Waals surface area (Å²) >= 11 is 6.21. The molecule has 1 aliphatic heterocycles. The topological polar surface area (TPSA) is 60.9 Å². The molecular formula is C16H17ClN2O4. The number of nitrogens with zero attached hydrogens (tertiary/aromatic N) is 2. The Balaban J connectivity index is 1.89. The van der Waals surface area contributed by atoms with Gasteiger partial charge in [0.15, 0.2) is 10.9 Å². The van der Waals surface area contributed by atoms with E-state index in [1.165, 1.54) is 7.11 Å². The standard InChI is InChI=1S/C16H17ClN2O4/c1-21-11-5-6-12-10(8-11)9-14(15(17)18-12)23-19-7-3-4-13(19)16(20)22-2/h5-6,8-9,13H,3-4,7H2,1-2H3. The molecule has 0 radical (unpaired) electrons. The summed E-state index contributed by atoms with van der Waals surface area (Å²) in [7, 11) is 2.97. The number of hydrogen-bond donors (Lipinski definition) is 0. The number of esters is 1. The second-order valence-corrected chi connectivity index (χ2v) is 5.61. The number of rotatable bonds is 4. The third-order valence-corrected chi connectivity index (χ3v) is 4.11. The zero-order valence-corrected chi connectivity index (χ0v) is 13.7. The molecule has 6 nitrogen and oxygen atoms in total. The number of benzene rings is 1. The molecule has 1 saturated heterocycles. The van der Waals surface area contributed by atoms with Crippen LogP contribution in [0.3, 0.4) is 0 Å². The Kier molecular flexibility index (Phi) is 4.54. The van der Waals surface area contributed by atoms with E-state index in [1.807, 2.05) is 18.2 Å². The lowest BCUT2D eigenvalue weighted by Gasteiger charge is -2.22. The van der Waals surface area contributed by atoms with Crippen LogP contribution in [0.5, 0.6) is 11.5 Å². The highest BCUT2D eigenvalue weighted by molar-refractivity contribution is 6.31. The molecule has 0 spiro atoms. The summed E-state index contributed by atoms with van der Waals surface area (Å²) in [5, 5.41) is 2.69. The fourth-order valence-corrected chi connectivity index (χ4v) is 2.83. The van der Waals surface area contributed by atoms with E-state index in [4.69, 9.17) is 25.9 Å². The summed E-state index contributed by atoms with van der Waals surface area (Å²) in [6.45, 7) is 0.631. The van der Waals surface area contributed by atoms with Gasteiger partial charge in [0.1, 0.15) is 11.8 Å². The van der Waals surface area contributed by atoms with Gasteiger partial charge in [0, 0.05) is 11.9 Å². The van der Waals surface area contributed by atoms with Crippen LogP contribution in [0.25, 0.3) is 10.9 Å². The molecule has 1 atom stereocenters. The number of carbonyl (C=O) groups is 1. The summed E-state index contributed by atoms with van der Waals surface area (Å²) in [4.78, 5) is 21.9. The van der Waals surface area contributed by atoms with Gasteiger partial charge in [-0.05, 0) is 37.1 Å². The highest BCUT2D eigenvalue weighted by Crippen LogP contribution is 2.31. The lowest BCUT2D eigenvalue weighted by atomic mass is 10.2. The van der Waals surface area contributed by atoms with Crippen LogP contribution in [0.2, 0.25) is 5.15 Å². The first-order valence-electron chi connectivity index (χ1n) is 7.29. The zero-order chi connectivity index (χ0) is 16.4. The molecule has 1 aromatic heterocycles. The first-order valence-corrected chi connectivity index (χ1v) is 7.67. The maximum Gasteiger partial charge on any atom is 0.326 e. The average Bonchev–Trinajstić information content (AvgIpc) is 3.02. The number of halogens is 1. The molecule has 0 saturated carbocycles. The van der Waals surface area contributed by atoms with Gasteiger partial charge in [0.2, 0.25) is 0 Å². The van der Waals surface area contributed by atoms with E-state index >= 15 is 0 Å². The minimum atomic E-state index is -0.419. The molecule has 0 amide bonds. The van der Waals surface area contributed by atoms with E-state index < -0.39 is 6.04 Å². The first-order chi connectivity index (χ1) is 11.1. The maximum atomic E-state index is 11.8. The van der Waals surface area contributed by atoms with Gasteiger partial charge < -0.3 is 14.3 Å². The van der Waals surface area contributed by atoms with Crippen molar-refractivity contribution < 1.29 is 19.1 Å². The Labute approximate surface area is 138 Å². The Hall–Kier alpha value is -2.05. The van der Waals surface area contributed by atoms with Crippen molar-refractivity contribution in [3.05, 3.63) is 29.4 Å². The molecule has 2 heterocycles. The average molecular weight is 337 g/mol. The SMILES string of the molecule is COC(=O)C1CCCN1Oc1cc2cc(OC)ccc2nc1Cl. The van der Waals surface area contributed by atoms with Gasteiger partial charge in [-0.15, -0.1) is 5.06 Å². The number of pyridine rings is 1. The molecule has 0 bridgehead atoms. The van der Waals surface area contributed by atoms with Crippen LogP contribution >= 0.6 is 11.6 Å². The quantitative estimate of drug-likeness (QED) is 0.632. The van der Waals surface area contributed by atoms with Gasteiger partial charge in [-0.1, -0.05) is 11.6 Å². The lowest BCUT2D eigenvalue weighted by Crippen LogP contribution is -2.39. The Morgan fingerprint density at radius 2 is 2.17 bits per heavy atom. The van der Waals surface area contributed by atoms with Gasteiger partial charge in [0.25, 0.3) is 0 Å². The summed E-state index contributed by atoms with van der Waals surface area (Å²) < 4.78 is 10.0. The molecular weight excluding hydrogens is 320 g/mol. The smallest absolute Gasteiger partial charge is 0.326 e. The van der Waals surface area contributed by atoms with Crippen LogP contribution in [0, 0.1) is 0 Å². The van der Waals surface area contributed by atoms with Gasteiger partial charge in [0.05, 0.1) is 19.7 Å². The number of hydrogen-bond acceptors (Lipinski definition) is 6. The number of hydroxylamine groups is 2. The highest BCUT2D eigenvalue weighted by atomic mass is 35.5. The van der Waals surface area contributed by atoms with Crippen LogP contribution < -0.4 is 9.57 Å². The molecule has 1 unspecified atom stereocenters. The van der Waals surface area contributed by atoms with Crippen LogP contribution in [-0.4, -0.2) is 42.8 Å². The monoisotopic (exact) mass is 336 g/mol. The first kappa shape index (κ1) is 15.8. The highest BCUT2D eigenvalue weighted by Gasteiger charge is 2.34. The molecule has 1 fully saturated rings. The van der Waals surface area contributed by atoms with E-state index in [9.17, 15) is 4.79 Å². The van der Waals surface area contributed by atoms with Crippen molar-refractivity contribution in [3.63, 3.8) is 0 Å². The fraction of sp³-hybridized carbons (Fsp3) is 0.375. The summed E-state index contributed by atoms with van der Waals surface area (Å²) in [5.74, 6) is 0.818. The zero-order valence-electron chi connectivity index (χ0n) is 12.9. The van der Waals surface area contributed by atoms with E-state index in [2.05, 4.69) is 4.98 Å². The summed E-state index contributed by atoms with van der Waals surface area (Å²) in [6.07, 6.45) is 1.55. The largest absolute Gasteiger partial charge is 0.497 e. The minimum Gasteiger partial charge on any atom is -0.497 e. The fourth-order valence-electron chi connectivity index (χ4n) is 2.65. The van der Waals surface area contributed by atoms with E-state index in [0.717, 1.165) is 23.1 Å². The predicted octanol–water partition coefficient (Wildman–Crippen LogP) is 2.83. The van der Waals surface area contributed by atoms with Crippen LogP contribution in [0.15, 0.2) is 24.3 Å². The Morgan fingerprint density at radius 3 is 2.91 bits per heavy atom. The Bertz CT molecular complexity index is 737. The third-order valence-electron chi connectivity index (χ3n) is 3.84. The maximum absolute atomic E-state index is 11.8. The lowest BCUT2D eigenvalue weighted by molar-refractivity contribution is -0.158. The number of methoxy groups -OCH3 is 2.